The molecule has 0 fully saturated rings. The number of benzene rings is 2. The van der Waals surface area contributed by atoms with Gasteiger partial charge in [-0.1, -0.05) is 35.5 Å². The summed E-state index contributed by atoms with van der Waals surface area (Å²) in [5, 5.41) is 4.06. The molecule has 0 amide bonds. The summed E-state index contributed by atoms with van der Waals surface area (Å²) in [5.41, 5.74) is 5.07. The van der Waals surface area contributed by atoms with E-state index in [-0.39, 0.29) is 5.82 Å². The highest BCUT2D eigenvalue weighted by Gasteiger charge is 2.09. The normalized spacial score (nSPS) is 11.1. The molecule has 122 valence electrons. The van der Waals surface area contributed by atoms with Gasteiger partial charge in [0.15, 0.2) is 0 Å². The van der Waals surface area contributed by atoms with E-state index in [0.29, 0.717) is 6.61 Å². The monoisotopic (exact) mass is 322 g/mol. The van der Waals surface area contributed by atoms with Crippen LogP contribution in [0.1, 0.15) is 22.5 Å². The SMILES string of the molecule is Cc1cc(/C=N/OCc2ccccc2)c(C)n1-c1ccc(F)cc1. The molecule has 0 saturated heterocycles. The molecule has 0 aliphatic rings. The Balaban J connectivity index is 1.74. The molecule has 2 aromatic carbocycles. The number of halogens is 1. The third-order valence-electron chi connectivity index (χ3n) is 3.90. The van der Waals surface area contributed by atoms with Gasteiger partial charge in [-0.15, -0.1) is 0 Å². The van der Waals surface area contributed by atoms with Crippen molar-refractivity contribution in [3.8, 4) is 5.69 Å². The molecule has 24 heavy (non-hydrogen) atoms. The van der Waals surface area contributed by atoms with Crippen LogP contribution in [0, 0.1) is 19.7 Å². The standard InChI is InChI=1S/C20H19FN2O/c1-15-12-18(13-22-24-14-17-6-4-3-5-7-17)16(2)23(15)20-10-8-19(21)9-11-20/h3-13H,14H2,1-2H3/b22-13+. The largest absolute Gasteiger partial charge is 0.391 e. The minimum absolute atomic E-state index is 0.239. The molecule has 0 atom stereocenters. The molecule has 3 rings (SSSR count). The summed E-state index contributed by atoms with van der Waals surface area (Å²) in [7, 11) is 0. The van der Waals surface area contributed by atoms with Crippen molar-refractivity contribution in [2.24, 2.45) is 5.16 Å². The van der Waals surface area contributed by atoms with Gasteiger partial charge < -0.3 is 9.40 Å². The first kappa shape index (κ1) is 16.0. The van der Waals surface area contributed by atoms with Crippen LogP contribution in [0.4, 0.5) is 4.39 Å². The van der Waals surface area contributed by atoms with Crippen molar-refractivity contribution < 1.29 is 9.23 Å². The van der Waals surface area contributed by atoms with E-state index in [2.05, 4.69) is 9.72 Å². The molecule has 0 saturated carbocycles. The van der Waals surface area contributed by atoms with E-state index in [4.69, 9.17) is 4.84 Å². The molecule has 0 N–H and O–H groups in total. The number of aromatic nitrogens is 1. The van der Waals surface area contributed by atoms with Crippen LogP contribution in [0.2, 0.25) is 0 Å². The van der Waals surface area contributed by atoms with Crippen LogP contribution >= 0.6 is 0 Å². The Bertz CT molecular complexity index is 836. The van der Waals surface area contributed by atoms with Gasteiger partial charge in [-0.2, -0.15) is 0 Å². The van der Waals surface area contributed by atoms with Crippen LogP contribution in [0.3, 0.4) is 0 Å². The van der Waals surface area contributed by atoms with Crippen LogP contribution in [0.5, 0.6) is 0 Å². The number of aryl methyl sites for hydroxylation is 1. The zero-order valence-corrected chi connectivity index (χ0v) is 13.7. The maximum atomic E-state index is 13.1. The van der Waals surface area contributed by atoms with Crippen molar-refractivity contribution in [3.05, 3.63) is 89.0 Å². The number of hydrogen-bond acceptors (Lipinski definition) is 2. The predicted molar refractivity (Wildman–Crippen MR) is 94.0 cm³/mol. The molecule has 4 heteroatoms. The summed E-state index contributed by atoms with van der Waals surface area (Å²) in [6.07, 6.45) is 1.71. The van der Waals surface area contributed by atoms with Gasteiger partial charge in [-0.25, -0.2) is 4.39 Å². The van der Waals surface area contributed by atoms with E-state index in [1.54, 1.807) is 18.3 Å². The first-order chi connectivity index (χ1) is 11.6. The molecule has 1 heterocycles. The second-order valence-electron chi connectivity index (χ2n) is 5.63. The molecular weight excluding hydrogens is 303 g/mol. The minimum atomic E-state index is -0.239. The highest BCUT2D eigenvalue weighted by molar-refractivity contribution is 5.81. The highest BCUT2D eigenvalue weighted by atomic mass is 19.1. The van der Waals surface area contributed by atoms with Gasteiger partial charge in [0.1, 0.15) is 12.4 Å². The molecule has 0 aliphatic heterocycles. The number of hydrogen-bond donors (Lipinski definition) is 0. The average Bonchev–Trinajstić information content (AvgIpc) is 2.88. The van der Waals surface area contributed by atoms with Gasteiger partial charge in [0.05, 0.1) is 6.21 Å². The lowest BCUT2D eigenvalue weighted by molar-refractivity contribution is 0.132. The summed E-state index contributed by atoms with van der Waals surface area (Å²) >= 11 is 0. The van der Waals surface area contributed by atoms with Crippen LogP contribution in [0.15, 0.2) is 65.8 Å². The van der Waals surface area contributed by atoms with Crippen LogP contribution < -0.4 is 0 Å². The van der Waals surface area contributed by atoms with Gasteiger partial charge in [-0.3, -0.25) is 0 Å². The molecule has 1 aromatic heterocycles. The third kappa shape index (κ3) is 3.54. The first-order valence-corrected chi connectivity index (χ1v) is 7.79. The molecule has 3 aromatic rings. The van der Waals surface area contributed by atoms with Crippen molar-refractivity contribution >= 4 is 6.21 Å². The van der Waals surface area contributed by atoms with E-state index in [1.165, 1.54) is 12.1 Å². The van der Waals surface area contributed by atoms with Crippen molar-refractivity contribution in [2.45, 2.75) is 20.5 Å². The predicted octanol–water partition coefficient (Wildman–Crippen LogP) is 4.78. The van der Waals surface area contributed by atoms with E-state index in [9.17, 15) is 4.39 Å². The van der Waals surface area contributed by atoms with Crippen molar-refractivity contribution in [1.82, 2.24) is 4.57 Å². The zero-order valence-electron chi connectivity index (χ0n) is 13.7. The van der Waals surface area contributed by atoms with Crippen LogP contribution in [0.25, 0.3) is 5.69 Å². The van der Waals surface area contributed by atoms with E-state index >= 15 is 0 Å². The first-order valence-electron chi connectivity index (χ1n) is 7.79. The van der Waals surface area contributed by atoms with Crippen molar-refractivity contribution in [1.29, 1.82) is 0 Å². The lowest BCUT2D eigenvalue weighted by Gasteiger charge is -2.09. The number of nitrogens with zero attached hydrogens (tertiary/aromatic N) is 2. The molecular formula is C20H19FN2O. The van der Waals surface area contributed by atoms with Gasteiger partial charge in [0.2, 0.25) is 0 Å². The molecule has 0 bridgehead atoms. The second kappa shape index (κ2) is 7.13. The van der Waals surface area contributed by atoms with Crippen molar-refractivity contribution in [3.63, 3.8) is 0 Å². The summed E-state index contributed by atoms with van der Waals surface area (Å²) in [6.45, 7) is 4.46. The summed E-state index contributed by atoms with van der Waals surface area (Å²) in [6, 6.07) is 18.4. The highest BCUT2D eigenvalue weighted by Crippen LogP contribution is 2.20. The summed E-state index contributed by atoms with van der Waals surface area (Å²) in [4.78, 5) is 5.36. The maximum Gasteiger partial charge on any atom is 0.142 e. The van der Waals surface area contributed by atoms with E-state index in [1.807, 2.05) is 50.2 Å². The Hall–Kier alpha value is -2.88. The smallest absolute Gasteiger partial charge is 0.142 e. The Kier molecular flexibility index (Phi) is 4.75. The Morgan fingerprint density at radius 2 is 1.75 bits per heavy atom. The molecule has 0 radical (unpaired) electrons. The van der Waals surface area contributed by atoms with Crippen LogP contribution in [-0.4, -0.2) is 10.8 Å². The van der Waals surface area contributed by atoms with Gasteiger partial charge >= 0.3 is 0 Å². The Labute approximate surface area is 141 Å². The van der Waals surface area contributed by atoms with Crippen molar-refractivity contribution in [2.75, 3.05) is 0 Å². The second-order valence-corrected chi connectivity index (χ2v) is 5.63. The van der Waals surface area contributed by atoms with E-state index < -0.39 is 0 Å². The van der Waals surface area contributed by atoms with Gasteiger partial charge in [0.25, 0.3) is 0 Å². The summed E-state index contributed by atoms with van der Waals surface area (Å²) in [5.74, 6) is -0.239. The topological polar surface area (TPSA) is 26.5 Å². The summed E-state index contributed by atoms with van der Waals surface area (Å²) < 4.78 is 15.2. The Morgan fingerprint density at radius 1 is 1.04 bits per heavy atom. The zero-order chi connectivity index (χ0) is 16.9. The number of oxime groups is 1. The molecule has 3 nitrogen and oxygen atoms in total. The lowest BCUT2D eigenvalue weighted by atomic mass is 10.2. The van der Waals surface area contributed by atoms with Gasteiger partial charge in [0, 0.05) is 22.6 Å². The maximum absolute atomic E-state index is 13.1. The third-order valence-corrected chi connectivity index (χ3v) is 3.90. The molecule has 0 aliphatic carbocycles. The average molecular weight is 322 g/mol. The van der Waals surface area contributed by atoms with E-state index in [0.717, 1.165) is 28.2 Å². The molecule has 0 spiro atoms. The lowest BCUT2D eigenvalue weighted by Crippen LogP contribution is -1.99. The number of rotatable bonds is 5. The fraction of sp³-hybridized carbons (Fsp3) is 0.150. The minimum Gasteiger partial charge on any atom is -0.391 e. The van der Waals surface area contributed by atoms with Crippen LogP contribution in [-0.2, 0) is 11.4 Å². The molecule has 0 unspecified atom stereocenters. The fourth-order valence-electron chi connectivity index (χ4n) is 2.69. The fourth-order valence-corrected chi connectivity index (χ4v) is 2.69. The van der Waals surface area contributed by atoms with Gasteiger partial charge in [-0.05, 0) is 49.7 Å². The quantitative estimate of drug-likeness (QED) is 0.490. The Morgan fingerprint density at radius 3 is 2.46 bits per heavy atom.